The second kappa shape index (κ2) is 6.38. The minimum absolute atomic E-state index is 0.0306. The van der Waals surface area contributed by atoms with Crippen LogP contribution in [-0.4, -0.2) is 29.7 Å². The predicted molar refractivity (Wildman–Crippen MR) is 66.2 cm³/mol. The Balaban J connectivity index is 2.97. The molecule has 4 nitrogen and oxygen atoms in total. The Morgan fingerprint density at radius 1 is 1.37 bits per heavy atom. The van der Waals surface area contributed by atoms with Crippen molar-refractivity contribution in [2.24, 2.45) is 5.92 Å². The first kappa shape index (κ1) is 16.0. The van der Waals surface area contributed by atoms with E-state index < -0.39 is 17.2 Å². The third kappa shape index (κ3) is 4.83. The van der Waals surface area contributed by atoms with E-state index >= 15 is 0 Å². The van der Waals surface area contributed by atoms with E-state index in [4.69, 9.17) is 16.3 Å². The van der Waals surface area contributed by atoms with Crippen molar-refractivity contribution in [1.82, 2.24) is 9.97 Å². The number of ether oxygens (including phenoxy) is 1. The highest BCUT2D eigenvalue weighted by molar-refractivity contribution is 6.28. The molecule has 0 fully saturated rings. The number of nitrogens with one attached hydrogen (secondary N) is 1. The van der Waals surface area contributed by atoms with Crippen LogP contribution in [0.25, 0.3) is 0 Å². The number of aromatic nitrogens is 2. The summed E-state index contributed by atoms with van der Waals surface area (Å²) in [5.41, 5.74) is -1.07. The Labute approximate surface area is 114 Å². The highest BCUT2D eigenvalue weighted by Crippen LogP contribution is 2.29. The monoisotopic (exact) mass is 297 g/mol. The zero-order valence-electron chi connectivity index (χ0n) is 10.8. The zero-order chi connectivity index (χ0) is 14.6. The van der Waals surface area contributed by atoms with Crippen molar-refractivity contribution in [3.05, 3.63) is 17.0 Å². The fraction of sp³-hybridized carbons (Fsp3) is 0.636. The number of nitrogens with zero attached hydrogens (tertiary/aromatic N) is 2. The first-order valence-electron chi connectivity index (χ1n) is 5.61. The van der Waals surface area contributed by atoms with E-state index in [1.807, 2.05) is 13.8 Å². The molecule has 0 saturated carbocycles. The molecule has 1 aromatic rings. The van der Waals surface area contributed by atoms with Gasteiger partial charge in [0.05, 0.1) is 12.6 Å². The van der Waals surface area contributed by atoms with Crippen LogP contribution in [0.15, 0.2) is 6.07 Å². The van der Waals surface area contributed by atoms with Gasteiger partial charge in [-0.25, -0.2) is 9.97 Å². The van der Waals surface area contributed by atoms with Gasteiger partial charge in [-0.2, -0.15) is 13.2 Å². The van der Waals surface area contributed by atoms with Gasteiger partial charge >= 0.3 is 6.18 Å². The van der Waals surface area contributed by atoms with E-state index in [1.54, 1.807) is 0 Å². The average molecular weight is 298 g/mol. The van der Waals surface area contributed by atoms with Gasteiger partial charge in [-0.3, -0.25) is 0 Å². The number of rotatable bonds is 5. The van der Waals surface area contributed by atoms with Crippen molar-refractivity contribution in [3.8, 4) is 0 Å². The summed E-state index contributed by atoms with van der Waals surface area (Å²) in [6.07, 6.45) is -4.56. The quantitative estimate of drug-likeness (QED) is 0.848. The van der Waals surface area contributed by atoms with Crippen LogP contribution in [-0.2, 0) is 10.9 Å². The number of hydrogen-bond donors (Lipinski definition) is 1. The molecular formula is C11H15ClF3N3O. The summed E-state index contributed by atoms with van der Waals surface area (Å²) < 4.78 is 42.8. The molecule has 1 N–H and O–H groups in total. The van der Waals surface area contributed by atoms with Crippen molar-refractivity contribution >= 4 is 17.4 Å². The molecule has 1 rings (SSSR count). The van der Waals surface area contributed by atoms with Crippen molar-refractivity contribution < 1.29 is 17.9 Å². The summed E-state index contributed by atoms with van der Waals surface area (Å²) in [6.45, 7) is 4.19. The fourth-order valence-corrected chi connectivity index (χ4v) is 1.59. The summed E-state index contributed by atoms with van der Waals surface area (Å²) >= 11 is 5.50. The maximum absolute atomic E-state index is 12.6. The normalized spacial score (nSPS) is 13.7. The Morgan fingerprint density at radius 2 is 2.00 bits per heavy atom. The van der Waals surface area contributed by atoms with E-state index in [2.05, 4.69) is 15.3 Å². The lowest BCUT2D eigenvalue weighted by Crippen LogP contribution is -2.31. The lowest BCUT2D eigenvalue weighted by Gasteiger charge is -2.22. The number of anilines is 1. The molecule has 8 heteroatoms. The van der Waals surface area contributed by atoms with E-state index in [-0.39, 0.29) is 17.8 Å². The van der Waals surface area contributed by atoms with Gasteiger partial charge in [-0.15, -0.1) is 0 Å². The Hall–Kier alpha value is -1.08. The molecule has 0 amide bonds. The van der Waals surface area contributed by atoms with E-state index in [1.165, 1.54) is 7.11 Å². The summed E-state index contributed by atoms with van der Waals surface area (Å²) in [4.78, 5) is 6.90. The minimum Gasteiger partial charge on any atom is -0.383 e. The van der Waals surface area contributed by atoms with Crippen LogP contribution in [0.5, 0.6) is 0 Å². The van der Waals surface area contributed by atoms with Crippen LogP contribution in [0, 0.1) is 5.92 Å². The second-order valence-electron chi connectivity index (χ2n) is 4.36. The Kier molecular flexibility index (Phi) is 5.37. The topological polar surface area (TPSA) is 47.0 Å². The number of halogens is 4. The second-order valence-corrected chi connectivity index (χ2v) is 4.69. The Bertz CT molecular complexity index is 426. The van der Waals surface area contributed by atoms with Crippen LogP contribution < -0.4 is 5.32 Å². The van der Waals surface area contributed by atoms with Crippen LogP contribution in [0.3, 0.4) is 0 Å². The van der Waals surface area contributed by atoms with Gasteiger partial charge in [-0.1, -0.05) is 13.8 Å². The van der Waals surface area contributed by atoms with E-state index in [9.17, 15) is 13.2 Å². The van der Waals surface area contributed by atoms with Crippen LogP contribution in [0.4, 0.5) is 19.0 Å². The van der Waals surface area contributed by atoms with Crippen molar-refractivity contribution in [2.75, 3.05) is 19.0 Å². The van der Waals surface area contributed by atoms with Crippen LogP contribution in [0.1, 0.15) is 19.5 Å². The first-order valence-corrected chi connectivity index (χ1v) is 5.99. The maximum Gasteiger partial charge on any atom is 0.433 e. The van der Waals surface area contributed by atoms with Crippen LogP contribution in [0.2, 0.25) is 5.28 Å². The summed E-state index contributed by atoms with van der Waals surface area (Å²) in [5, 5.41) is 2.43. The molecule has 0 radical (unpaired) electrons. The van der Waals surface area contributed by atoms with Gasteiger partial charge in [0.1, 0.15) is 5.82 Å². The molecule has 0 spiro atoms. The van der Waals surface area contributed by atoms with E-state index in [0.29, 0.717) is 6.61 Å². The molecule has 0 aromatic carbocycles. The smallest absolute Gasteiger partial charge is 0.383 e. The molecular weight excluding hydrogens is 283 g/mol. The average Bonchev–Trinajstić information content (AvgIpc) is 2.26. The molecule has 0 aliphatic heterocycles. The van der Waals surface area contributed by atoms with Gasteiger partial charge < -0.3 is 10.1 Å². The predicted octanol–water partition coefficient (Wildman–Crippen LogP) is 3.23. The Morgan fingerprint density at radius 3 is 2.47 bits per heavy atom. The molecule has 0 aliphatic carbocycles. The third-order valence-electron chi connectivity index (χ3n) is 2.47. The molecule has 0 aliphatic rings. The largest absolute Gasteiger partial charge is 0.433 e. The van der Waals surface area contributed by atoms with E-state index in [0.717, 1.165) is 6.07 Å². The number of hydrogen-bond acceptors (Lipinski definition) is 4. The van der Waals surface area contributed by atoms with Crippen LogP contribution >= 0.6 is 11.6 Å². The maximum atomic E-state index is 12.6. The molecule has 0 saturated heterocycles. The summed E-state index contributed by atoms with van der Waals surface area (Å²) in [7, 11) is 1.52. The number of methoxy groups -OCH3 is 1. The molecule has 0 bridgehead atoms. The van der Waals surface area contributed by atoms with Gasteiger partial charge in [-0.05, 0) is 17.5 Å². The molecule has 1 unspecified atom stereocenters. The van der Waals surface area contributed by atoms with Gasteiger partial charge in [0.15, 0.2) is 5.69 Å². The zero-order valence-corrected chi connectivity index (χ0v) is 11.5. The van der Waals surface area contributed by atoms with Crippen molar-refractivity contribution in [3.63, 3.8) is 0 Å². The summed E-state index contributed by atoms with van der Waals surface area (Å²) in [5.74, 6) is 0.186. The minimum atomic E-state index is -4.56. The lowest BCUT2D eigenvalue weighted by atomic mass is 10.1. The van der Waals surface area contributed by atoms with Gasteiger partial charge in [0.2, 0.25) is 5.28 Å². The molecule has 1 atom stereocenters. The van der Waals surface area contributed by atoms with Gasteiger partial charge in [0, 0.05) is 13.2 Å². The molecule has 108 valence electrons. The van der Waals surface area contributed by atoms with Crippen molar-refractivity contribution in [1.29, 1.82) is 0 Å². The summed E-state index contributed by atoms with van der Waals surface area (Å²) in [6, 6.07) is 0.661. The van der Waals surface area contributed by atoms with Gasteiger partial charge in [0.25, 0.3) is 0 Å². The number of alkyl halides is 3. The lowest BCUT2D eigenvalue weighted by molar-refractivity contribution is -0.141. The fourth-order valence-electron chi connectivity index (χ4n) is 1.41. The first-order chi connectivity index (χ1) is 8.74. The highest BCUT2D eigenvalue weighted by Gasteiger charge is 2.33. The molecule has 1 heterocycles. The standard InChI is InChI=1S/C11H15ClF3N3O/c1-6(2)7(5-19-3)16-9-4-8(11(13,14)15)17-10(12)18-9/h4,6-7H,5H2,1-3H3,(H,16,17,18). The third-order valence-corrected chi connectivity index (χ3v) is 2.64. The van der Waals surface area contributed by atoms with Crippen molar-refractivity contribution in [2.45, 2.75) is 26.1 Å². The highest BCUT2D eigenvalue weighted by atomic mass is 35.5. The SMILES string of the molecule is COCC(Nc1cc(C(F)(F)F)nc(Cl)n1)C(C)C. The molecule has 19 heavy (non-hydrogen) atoms. The molecule has 1 aromatic heterocycles.